The maximum atomic E-state index is 12.5. The normalized spacial score (nSPS) is 14.0. The van der Waals surface area contributed by atoms with E-state index in [1.165, 1.54) is 11.3 Å². The first-order chi connectivity index (χ1) is 12.1. The molecule has 3 aromatic rings. The Morgan fingerprint density at radius 2 is 2.20 bits per heavy atom. The molecule has 2 N–H and O–H groups in total. The minimum absolute atomic E-state index is 0.00673. The third kappa shape index (κ3) is 3.20. The van der Waals surface area contributed by atoms with Gasteiger partial charge in [-0.15, -0.1) is 11.3 Å². The van der Waals surface area contributed by atoms with Gasteiger partial charge < -0.3 is 10.6 Å². The van der Waals surface area contributed by atoms with Gasteiger partial charge in [0.2, 0.25) is 5.91 Å². The molecule has 0 aliphatic carbocycles. The van der Waals surface area contributed by atoms with Crippen LogP contribution in [0.25, 0.3) is 10.6 Å². The molecule has 25 heavy (non-hydrogen) atoms. The van der Waals surface area contributed by atoms with Crippen molar-refractivity contribution in [3.63, 3.8) is 0 Å². The van der Waals surface area contributed by atoms with Crippen LogP contribution in [0.3, 0.4) is 0 Å². The van der Waals surface area contributed by atoms with E-state index >= 15 is 0 Å². The molecule has 0 bridgehead atoms. The van der Waals surface area contributed by atoms with E-state index in [1.54, 1.807) is 16.7 Å². The number of amides is 2. The van der Waals surface area contributed by atoms with Crippen LogP contribution in [0.2, 0.25) is 0 Å². The fourth-order valence-corrected chi connectivity index (χ4v) is 4.28. The molecule has 0 fully saturated rings. The van der Waals surface area contributed by atoms with E-state index in [9.17, 15) is 9.59 Å². The number of hydrogen-bond donors (Lipinski definition) is 2. The van der Waals surface area contributed by atoms with Crippen LogP contribution in [-0.2, 0) is 11.2 Å². The summed E-state index contributed by atoms with van der Waals surface area (Å²) >= 11 is 3.07. The molecule has 0 saturated heterocycles. The quantitative estimate of drug-likeness (QED) is 0.734. The smallest absolute Gasteiger partial charge is 0.271 e. The highest BCUT2D eigenvalue weighted by Gasteiger charge is 2.20. The van der Waals surface area contributed by atoms with Gasteiger partial charge in [-0.3, -0.25) is 9.59 Å². The van der Waals surface area contributed by atoms with Gasteiger partial charge >= 0.3 is 0 Å². The Hall–Kier alpha value is -2.51. The van der Waals surface area contributed by atoms with Crippen LogP contribution < -0.4 is 10.6 Å². The van der Waals surface area contributed by atoms with Crippen molar-refractivity contribution >= 4 is 40.2 Å². The lowest BCUT2D eigenvalue weighted by atomic mass is 10.0. The van der Waals surface area contributed by atoms with Gasteiger partial charge in [0.1, 0.15) is 10.7 Å². The Labute approximate surface area is 152 Å². The molecule has 1 aromatic carbocycles. The molecule has 1 aliphatic rings. The van der Waals surface area contributed by atoms with Crippen LogP contribution in [0.5, 0.6) is 0 Å². The van der Waals surface area contributed by atoms with Crippen molar-refractivity contribution in [3.05, 3.63) is 57.2 Å². The zero-order valence-electron chi connectivity index (χ0n) is 13.4. The standard InChI is InChI=1S/C18H15N3O2S2/c1-10(11-2-3-14-13(6-11)7-16(22)20-14)19-17(23)15-9-25-18(21-15)12-4-5-24-8-12/h2-6,8-10H,7H2,1H3,(H,19,23)(H,20,22)/t10-/m0/s1. The van der Waals surface area contributed by atoms with Gasteiger partial charge in [0.15, 0.2) is 0 Å². The van der Waals surface area contributed by atoms with Crippen molar-refractivity contribution in [2.24, 2.45) is 0 Å². The second-order valence-corrected chi connectivity index (χ2v) is 7.52. The molecule has 3 heterocycles. The molecule has 0 spiro atoms. The minimum Gasteiger partial charge on any atom is -0.344 e. The number of benzene rings is 1. The van der Waals surface area contributed by atoms with Crippen LogP contribution in [0.15, 0.2) is 40.4 Å². The highest BCUT2D eigenvalue weighted by atomic mass is 32.1. The number of aromatic nitrogens is 1. The zero-order valence-corrected chi connectivity index (χ0v) is 15.0. The lowest BCUT2D eigenvalue weighted by molar-refractivity contribution is -0.115. The number of rotatable bonds is 4. The van der Waals surface area contributed by atoms with Crippen LogP contribution in [-0.4, -0.2) is 16.8 Å². The second kappa shape index (κ2) is 6.42. The summed E-state index contributed by atoms with van der Waals surface area (Å²) in [6, 6.07) is 7.60. The first-order valence-corrected chi connectivity index (χ1v) is 9.64. The highest BCUT2D eigenvalue weighted by molar-refractivity contribution is 7.14. The molecule has 4 rings (SSSR count). The van der Waals surface area contributed by atoms with Gasteiger partial charge in [0.25, 0.3) is 5.91 Å². The third-order valence-electron chi connectivity index (χ3n) is 4.11. The summed E-state index contributed by atoms with van der Waals surface area (Å²) in [5.41, 5.74) is 4.26. The average molecular weight is 369 g/mol. The number of nitrogens with one attached hydrogen (secondary N) is 2. The molecule has 2 amide bonds. The predicted molar refractivity (Wildman–Crippen MR) is 100 cm³/mol. The summed E-state index contributed by atoms with van der Waals surface area (Å²) in [6.45, 7) is 1.93. The van der Waals surface area contributed by atoms with Gasteiger partial charge in [0, 0.05) is 22.0 Å². The highest BCUT2D eigenvalue weighted by Crippen LogP contribution is 2.28. The molecule has 1 atom stereocenters. The minimum atomic E-state index is -0.195. The van der Waals surface area contributed by atoms with Gasteiger partial charge in [0.05, 0.1) is 12.5 Å². The summed E-state index contributed by atoms with van der Waals surface area (Å²) in [7, 11) is 0. The molecule has 0 radical (unpaired) electrons. The summed E-state index contributed by atoms with van der Waals surface area (Å²) in [6.07, 6.45) is 0.389. The second-order valence-electron chi connectivity index (χ2n) is 5.89. The van der Waals surface area contributed by atoms with Crippen molar-refractivity contribution in [1.82, 2.24) is 10.3 Å². The molecule has 1 aliphatic heterocycles. The van der Waals surface area contributed by atoms with Crippen molar-refractivity contribution in [2.45, 2.75) is 19.4 Å². The predicted octanol–water partition coefficient (Wildman–Crippen LogP) is 3.86. The van der Waals surface area contributed by atoms with Gasteiger partial charge in [-0.25, -0.2) is 4.98 Å². The number of thiazole rings is 1. The molecule has 126 valence electrons. The van der Waals surface area contributed by atoms with E-state index in [0.29, 0.717) is 12.1 Å². The van der Waals surface area contributed by atoms with E-state index in [0.717, 1.165) is 27.4 Å². The van der Waals surface area contributed by atoms with E-state index in [2.05, 4.69) is 15.6 Å². The number of carbonyl (C=O) groups excluding carboxylic acids is 2. The maximum Gasteiger partial charge on any atom is 0.271 e. The average Bonchev–Trinajstić information content (AvgIpc) is 3.32. The first kappa shape index (κ1) is 16.0. The summed E-state index contributed by atoms with van der Waals surface area (Å²) in [5.74, 6) is -0.188. The number of carbonyl (C=O) groups is 2. The fourth-order valence-electron chi connectivity index (χ4n) is 2.77. The van der Waals surface area contributed by atoms with Crippen LogP contribution >= 0.6 is 22.7 Å². The van der Waals surface area contributed by atoms with Crippen molar-refractivity contribution in [3.8, 4) is 10.6 Å². The van der Waals surface area contributed by atoms with Crippen LogP contribution in [0, 0.1) is 0 Å². The van der Waals surface area contributed by atoms with E-state index < -0.39 is 0 Å². The van der Waals surface area contributed by atoms with E-state index in [1.807, 2.05) is 41.9 Å². The lowest BCUT2D eigenvalue weighted by Gasteiger charge is -2.14. The topological polar surface area (TPSA) is 71.1 Å². The fraction of sp³-hybridized carbons (Fsp3) is 0.167. The molecule has 0 unspecified atom stereocenters. The van der Waals surface area contributed by atoms with E-state index in [-0.39, 0.29) is 17.9 Å². The number of hydrogen-bond acceptors (Lipinski definition) is 5. The SMILES string of the molecule is C[C@H](NC(=O)c1csc(-c2ccsc2)n1)c1ccc2c(c1)CC(=O)N2. The number of thiophene rings is 1. The Bertz CT molecular complexity index is 947. The molecule has 2 aromatic heterocycles. The molecule has 0 saturated carbocycles. The van der Waals surface area contributed by atoms with Crippen LogP contribution in [0.4, 0.5) is 5.69 Å². The number of anilines is 1. The summed E-state index contributed by atoms with van der Waals surface area (Å²) in [5, 5.41) is 12.4. The number of fused-ring (bicyclic) bond motifs is 1. The molecular formula is C18H15N3O2S2. The Balaban J connectivity index is 1.48. The van der Waals surface area contributed by atoms with Gasteiger partial charge in [-0.2, -0.15) is 11.3 Å². The van der Waals surface area contributed by atoms with Crippen molar-refractivity contribution in [2.75, 3.05) is 5.32 Å². The van der Waals surface area contributed by atoms with Crippen LogP contribution in [0.1, 0.15) is 34.6 Å². The zero-order chi connectivity index (χ0) is 17.4. The number of nitrogens with zero attached hydrogens (tertiary/aromatic N) is 1. The van der Waals surface area contributed by atoms with Crippen molar-refractivity contribution < 1.29 is 9.59 Å². The van der Waals surface area contributed by atoms with Gasteiger partial charge in [-0.05, 0) is 35.6 Å². The largest absolute Gasteiger partial charge is 0.344 e. The third-order valence-corrected chi connectivity index (χ3v) is 5.68. The lowest BCUT2D eigenvalue weighted by Crippen LogP contribution is -2.26. The Kier molecular flexibility index (Phi) is 4.10. The Morgan fingerprint density at radius 1 is 1.32 bits per heavy atom. The molecule has 5 nitrogen and oxygen atoms in total. The Morgan fingerprint density at radius 3 is 3.00 bits per heavy atom. The maximum absolute atomic E-state index is 12.5. The molecular weight excluding hydrogens is 354 g/mol. The van der Waals surface area contributed by atoms with Crippen molar-refractivity contribution in [1.29, 1.82) is 0 Å². The van der Waals surface area contributed by atoms with Gasteiger partial charge in [-0.1, -0.05) is 12.1 Å². The molecule has 7 heteroatoms. The monoisotopic (exact) mass is 369 g/mol. The van der Waals surface area contributed by atoms with E-state index in [4.69, 9.17) is 0 Å². The first-order valence-electron chi connectivity index (χ1n) is 7.82. The summed E-state index contributed by atoms with van der Waals surface area (Å²) in [4.78, 5) is 28.3. The summed E-state index contributed by atoms with van der Waals surface area (Å²) < 4.78 is 0.